The Balaban J connectivity index is 2.50. The van der Waals surface area contributed by atoms with E-state index in [0.717, 1.165) is 0 Å². The normalized spacial score (nSPS) is 13.2. The summed E-state index contributed by atoms with van der Waals surface area (Å²) in [4.78, 5) is 0. The highest BCUT2D eigenvalue weighted by atomic mass is 31.1. The molecular weight excluding hydrogens is 549 g/mol. The van der Waals surface area contributed by atoms with Crippen molar-refractivity contribution in [2.75, 3.05) is 0 Å². The Labute approximate surface area is 257 Å². The Morgan fingerprint density at radius 1 is 0.439 bits per heavy atom. The van der Waals surface area contributed by atoms with Gasteiger partial charge < -0.3 is 0 Å². The van der Waals surface area contributed by atoms with Gasteiger partial charge in [-0.3, -0.25) is 0 Å². The lowest BCUT2D eigenvalue weighted by Gasteiger charge is -2.36. The number of hydrogen-bond donors (Lipinski definition) is 0. The van der Waals surface area contributed by atoms with Crippen LogP contribution in [0.15, 0.2) is 66.7 Å². The first-order valence-corrected chi connectivity index (χ1v) is 20.0. The van der Waals surface area contributed by atoms with E-state index in [4.69, 9.17) is 0 Å². The fraction of sp³-hybridized carbons (Fsp3) is 0.526. The molecular formula is C38H57P3. The second-order valence-electron chi connectivity index (χ2n) is 14.8. The standard InChI is InChI=1S/C38H57P3/c1-26(2)39(27(3)4)35-24-30(37(9,10)11)20-22-33(35)41(32-18-16-15-17-19-32)34-23-21-31(38(12,13)14)25-36(34)40(28(5)6)29(7)8/h15-29H,1-14H3. The molecule has 3 heteroatoms. The second kappa shape index (κ2) is 13.7. The van der Waals surface area contributed by atoms with Crippen LogP contribution in [0.4, 0.5) is 0 Å². The zero-order valence-corrected chi connectivity index (χ0v) is 31.2. The van der Waals surface area contributed by atoms with Crippen LogP contribution in [-0.2, 0) is 10.8 Å². The molecule has 3 rings (SSSR count). The quantitative estimate of drug-likeness (QED) is 0.213. The van der Waals surface area contributed by atoms with E-state index in [1.165, 1.54) is 16.4 Å². The molecule has 41 heavy (non-hydrogen) atoms. The summed E-state index contributed by atoms with van der Waals surface area (Å²) in [7, 11) is -1.36. The van der Waals surface area contributed by atoms with Gasteiger partial charge in [0.05, 0.1) is 0 Å². The van der Waals surface area contributed by atoms with Crippen LogP contribution in [0.5, 0.6) is 0 Å². The average Bonchev–Trinajstić information content (AvgIpc) is 2.84. The largest absolute Gasteiger partial charge is 0.0693 e. The lowest BCUT2D eigenvalue weighted by atomic mass is 9.87. The Morgan fingerprint density at radius 3 is 1.07 bits per heavy atom. The highest BCUT2D eigenvalue weighted by Gasteiger charge is 2.32. The zero-order valence-electron chi connectivity index (χ0n) is 28.5. The molecule has 0 atom stereocenters. The third-order valence-electron chi connectivity index (χ3n) is 7.96. The highest BCUT2D eigenvalue weighted by molar-refractivity contribution is 7.84. The summed E-state index contributed by atoms with van der Waals surface area (Å²) in [5, 5.41) is 7.91. The predicted molar refractivity (Wildman–Crippen MR) is 196 cm³/mol. The summed E-state index contributed by atoms with van der Waals surface area (Å²) in [6, 6.07) is 26.7. The number of hydrogen-bond acceptors (Lipinski definition) is 0. The van der Waals surface area contributed by atoms with E-state index in [-0.39, 0.29) is 26.7 Å². The molecule has 3 aromatic rings. The monoisotopic (exact) mass is 606 g/mol. The van der Waals surface area contributed by atoms with Gasteiger partial charge in [0.2, 0.25) is 0 Å². The van der Waals surface area contributed by atoms with Gasteiger partial charge in [-0.1, -0.05) is 180 Å². The number of rotatable bonds is 9. The van der Waals surface area contributed by atoms with Crippen molar-refractivity contribution in [3.05, 3.63) is 77.9 Å². The van der Waals surface area contributed by atoms with E-state index in [2.05, 4.69) is 164 Å². The molecule has 0 nitrogen and oxygen atoms in total. The summed E-state index contributed by atoms with van der Waals surface area (Å²) >= 11 is 0. The minimum atomic E-state index is -0.716. The van der Waals surface area contributed by atoms with Gasteiger partial charge in [0, 0.05) is 0 Å². The molecule has 0 aliphatic rings. The van der Waals surface area contributed by atoms with E-state index >= 15 is 0 Å². The van der Waals surface area contributed by atoms with Gasteiger partial charge in [0.25, 0.3) is 0 Å². The highest BCUT2D eigenvalue weighted by Crippen LogP contribution is 2.50. The van der Waals surface area contributed by atoms with E-state index in [0.29, 0.717) is 22.6 Å². The Hall–Kier alpha value is -1.05. The lowest BCUT2D eigenvalue weighted by molar-refractivity contribution is 0.590. The maximum Gasteiger partial charge on any atom is -0.00736 e. The molecule has 0 heterocycles. The molecule has 0 radical (unpaired) electrons. The first kappa shape index (κ1) is 34.4. The van der Waals surface area contributed by atoms with Crippen LogP contribution in [0.2, 0.25) is 0 Å². The minimum absolute atomic E-state index is 0.126. The summed E-state index contributed by atoms with van der Waals surface area (Å²) in [5.41, 5.74) is 5.72. The molecule has 0 unspecified atom stereocenters. The fourth-order valence-electron chi connectivity index (χ4n) is 6.06. The van der Waals surface area contributed by atoms with E-state index in [1.54, 1.807) is 21.2 Å². The van der Waals surface area contributed by atoms with Gasteiger partial charge in [0.15, 0.2) is 0 Å². The van der Waals surface area contributed by atoms with Crippen LogP contribution in [0.1, 0.15) is 108 Å². The van der Waals surface area contributed by atoms with Gasteiger partial charge in [-0.05, 0) is 79.0 Å². The van der Waals surface area contributed by atoms with Crippen molar-refractivity contribution in [3.8, 4) is 0 Å². The number of benzene rings is 3. The molecule has 224 valence electrons. The Bertz CT molecular complexity index is 1180. The van der Waals surface area contributed by atoms with Crippen LogP contribution in [0, 0.1) is 0 Å². The smallest absolute Gasteiger partial charge is 0.00736 e. The molecule has 0 aliphatic heterocycles. The third kappa shape index (κ3) is 8.12. The third-order valence-corrected chi connectivity index (χ3v) is 17.2. The molecule has 0 aromatic heterocycles. The summed E-state index contributed by atoms with van der Waals surface area (Å²) < 4.78 is 0. The maximum atomic E-state index is 2.62. The zero-order chi connectivity index (χ0) is 30.9. The van der Waals surface area contributed by atoms with Gasteiger partial charge >= 0.3 is 0 Å². The van der Waals surface area contributed by atoms with Crippen molar-refractivity contribution in [3.63, 3.8) is 0 Å². The van der Waals surface area contributed by atoms with Gasteiger partial charge in [-0.25, -0.2) is 0 Å². The van der Waals surface area contributed by atoms with Crippen LogP contribution >= 0.6 is 23.8 Å². The van der Waals surface area contributed by atoms with E-state index in [9.17, 15) is 0 Å². The van der Waals surface area contributed by atoms with Gasteiger partial charge in [-0.15, -0.1) is 0 Å². The van der Waals surface area contributed by atoms with Crippen molar-refractivity contribution < 1.29 is 0 Å². The molecule has 0 saturated carbocycles. The maximum absolute atomic E-state index is 2.62. The fourth-order valence-corrected chi connectivity index (χ4v) is 15.5. The first-order valence-electron chi connectivity index (χ1n) is 15.7. The molecule has 0 bridgehead atoms. The van der Waals surface area contributed by atoms with E-state index < -0.39 is 7.92 Å². The topological polar surface area (TPSA) is 0 Å². The van der Waals surface area contributed by atoms with Crippen molar-refractivity contribution in [1.29, 1.82) is 0 Å². The Kier molecular flexibility index (Phi) is 11.5. The van der Waals surface area contributed by atoms with Crippen molar-refractivity contribution in [1.82, 2.24) is 0 Å². The molecule has 0 aliphatic carbocycles. The molecule has 3 aromatic carbocycles. The molecule has 0 saturated heterocycles. The summed E-state index contributed by atoms with van der Waals surface area (Å²) in [6.45, 7) is 33.8. The summed E-state index contributed by atoms with van der Waals surface area (Å²) in [5.74, 6) is 0. The predicted octanol–water partition coefficient (Wildman–Crippen LogP) is 9.89. The molecule has 0 spiro atoms. The van der Waals surface area contributed by atoms with Crippen LogP contribution in [0.25, 0.3) is 0 Å². The molecule has 0 amide bonds. The van der Waals surface area contributed by atoms with Crippen molar-refractivity contribution in [2.45, 2.75) is 130 Å². The van der Waals surface area contributed by atoms with Crippen molar-refractivity contribution >= 4 is 50.3 Å². The lowest BCUT2D eigenvalue weighted by Crippen LogP contribution is -2.39. The Morgan fingerprint density at radius 2 is 0.780 bits per heavy atom. The second-order valence-corrected chi connectivity index (χ2v) is 23.6. The average molecular weight is 607 g/mol. The van der Waals surface area contributed by atoms with E-state index in [1.807, 2.05) is 0 Å². The summed E-state index contributed by atoms with van der Waals surface area (Å²) in [6.07, 6.45) is 0. The molecule has 0 fully saturated rings. The minimum Gasteiger partial charge on any atom is -0.0693 e. The van der Waals surface area contributed by atoms with Gasteiger partial charge in [-0.2, -0.15) is 0 Å². The SMILES string of the molecule is CC(C)P(c1cc(C(C)(C)C)ccc1P(c1ccccc1)c1ccc(C(C)(C)C)cc1P(C(C)C)C(C)C)C(C)C. The van der Waals surface area contributed by atoms with Crippen molar-refractivity contribution in [2.24, 2.45) is 0 Å². The van der Waals surface area contributed by atoms with Crippen LogP contribution < -0.4 is 26.5 Å². The first-order chi connectivity index (χ1) is 18.9. The molecule has 0 N–H and O–H groups in total. The van der Waals surface area contributed by atoms with Crippen LogP contribution in [-0.4, -0.2) is 22.6 Å². The van der Waals surface area contributed by atoms with Crippen LogP contribution in [0.3, 0.4) is 0 Å². The van der Waals surface area contributed by atoms with Gasteiger partial charge in [0.1, 0.15) is 0 Å².